The molecule has 1 aliphatic heterocycles. The molecule has 0 aromatic rings. The molecule has 17 heavy (non-hydrogen) atoms. The quantitative estimate of drug-likeness (QED) is 0.752. The molecule has 0 radical (unpaired) electrons. The molecule has 1 rings (SSSR count). The van der Waals surface area contributed by atoms with Crippen LogP contribution in [-0.4, -0.2) is 54.3 Å². The van der Waals surface area contributed by atoms with Gasteiger partial charge in [-0.25, -0.2) is 0 Å². The first-order valence-corrected chi connectivity index (χ1v) is 7.27. The molecular weight excluding hydrogens is 244 g/mol. The number of carboxylic acids is 1. The number of nitrogens with zero attached hydrogens (tertiary/aromatic N) is 2. The van der Waals surface area contributed by atoms with Crippen molar-refractivity contribution >= 4 is 16.2 Å². The van der Waals surface area contributed by atoms with E-state index in [2.05, 4.69) is 0 Å². The van der Waals surface area contributed by atoms with E-state index in [1.54, 1.807) is 6.92 Å². The first-order valence-electron chi connectivity index (χ1n) is 5.87. The molecular formula is C10H20N2O4S. The molecule has 1 unspecified atom stereocenters. The van der Waals surface area contributed by atoms with E-state index >= 15 is 0 Å². The van der Waals surface area contributed by atoms with Crippen molar-refractivity contribution in [2.45, 2.75) is 26.7 Å². The monoisotopic (exact) mass is 264 g/mol. The largest absolute Gasteiger partial charge is 0.481 e. The van der Waals surface area contributed by atoms with Crippen LogP contribution in [0.1, 0.15) is 26.7 Å². The van der Waals surface area contributed by atoms with Crippen molar-refractivity contribution in [3.63, 3.8) is 0 Å². The summed E-state index contributed by atoms with van der Waals surface area (Å²) in [6, 6.07) is 0. The summed E-state index contributed by atoms with van der Waals surface area (Å²) < 4.78 is 27.0. The minimum absolute atomic E-state index is 0.0324. The van der Waals surface area contributed by atoms with E-state index in [9.17, 15) is 13.2 Å². The molecule has 1 saturated heterocycles. The molecule has 0 aliphatic carbocycles. The van der Waals surface area contributed by atoms with Crippen molar-refractivity contribution in [2.75, 3.05) is 26.2 Å². The van der Waals surface area contributed by atoms with Gasteiger partial charge in [0.15, 0.2) is 0 Å². The molecule has 0 saturated carbocycles. The Balaban J connectivity index is 2.75. The van der Waals surface area contributed by atoms with Gasteiger partial charge < -0.3 is 5.11 Å². The molecule has 1 N–H and O–H groups in total. The third-order valence-corrected chi connectivity index (χ3v) is 5.05. The lowest BCUT2D eigenvalue weighted by Gasteiger charge is -2.27. The third-order valence-electron chi connectivity index (χ3n) is 2.97. The normalized spacial score (nSPS) is 19.7. The fraction of sp³-hybridized carbons (Fsp3) is 0.900. The van der Waals surface area contributed by atoms with Crippen molar-refractivity contribution in [2.24, 2.45) is 5.92 Å². The molecule has 7 heteroatoms. The summed E-state index contributed by atoms with van der Waals surface area (Å²) in [5.74, 6) is -1.66. The summed E-state index contributed by atoms with van der Waals surface area (Å²) in [4.78, 5) is 10.8. The number of carbonyl (C=O) groups is 1. The first-order chi connectivity index (χ1) is 7.89. The first kappa shape index (κ1) is 14.4. The second-order valence-corrected chi connectivity index (χ2v) is 6.23. The van der Waals surface area contributed by atoms with Crippen molar-refractivity contribution < 1.29 is 18.3 Å². The molecule has 1 fully saturated rings. The molecule has 1 aliphatic rings. The van der Waals surface area contributed by atoms with E-state index in [1.807, 2.05) is 0 Å². The van der Waals surface area contributed by atoms with E-state index in [0.29, 0.717) is 19.6 Å². The molecule has 0 amide bonds. The molecule has 0 spiro atoms. The highest BCUT2D eigenvalue weighted by Gasteiger charge is 2.32. The predicted octanol–water partition coefficient (Wildman–Crippen LogP) is 0.370. The second-order valence-electron chi connectivity index (χ2n) is 4.30. The maximum Gasteiger partial charge on any atom is 0.307 e. The van der Waals surface area contributed by atoms with Crippen molar-refractivity contribution in [3.05, 3.63) is 0 Å². The molecule has 1 atom stereocenters. The Morgan fingerprint density at radius 3 is 2.35 bits per heavy atom. The van der Waals surface area contributed by atoms with Crippen LogP contribution < -0.4 is 0 Å². The van der Waals surface area contributed by atoms with Gasteiger partial charge in [-0.05, 0) is 12.8 Å². The van der Waals surface area contributed by atoms with E-state index < -0.39 is 22.1 Å². The van der Waals surface area contributed by atoms with Crippen LogP contribution >= 0.6 is 0 Å². The van der Waals surface area contributed by atoms with Gasteiger partial charge in [-0.2, -0.15) is 17.0 Å². The van der Waals surface area contributed by atoms with E-state index in [4.69, 9.17) is 5.11 Å². The summed E-state index contributed by atoms with van der Waals surface area (Å²) in [6.07, 6.45) is 1.76. The van der Waals surface area contributed by atoms with Crippen molar-refractivity contribution in [1.82, 2.24) is 8.61 Å². The number of hydrogen-bond donors (Lipinski definition) is 1. The van der Waals surface area contributed by atoms with E-state index in [1.165, 1.54) is 15.5 Å². The Kier molecular flexibility index (Phi) is 4.91. The van der Waals surface area contributed by atoms with Crippen LogP contribution in [0.15, 0.2) is 0 Å². The Bertz CT molecular complexity index is 363. The standard InChI is InChI=1S/C10H20N2O4S/c1-3-11(8-9(2)10(13)14)17(15,16)12-6-4-5-7-12/h9H,3-8H2,1-2H3,(H,13,14). The molecule has 6 nitrogen and oxygen atoms in total. The average Bonchev–Trinajstić information content (AvgIpc) is 2.78. The van der Waals surface area contributed by atoms with Gasteiger partial charge in [0.25, 0.3) is 10.2 Å². The van der Waals surface area contributed by atoms with Crippen LogP contribution in [0, 0.1) is 5.92 Å². The predicted molar refractivity (Wildman–Crippen MR) is 63.8 cm³/mol. The van der Waals surface area contributed by atoms with Crippen LogP contribution in [0.4, 0.5) is 0 Å². The summed E-state index contributed by atoms with van der Waals surface area (Å²) in [5, 5.41) is 8.82. The van der Waals surface area contributed by atoms with Gasteiger partial charge in [-0.3, -0.25) is 4.79 Å². The SMILES string of the molecule is CCN(CC(C)C(=O)O)S(=O)(=O)N1CCCC1. The Labute approximate surface area is 102 Å². The van der Waals surface area contributed by atoms with Crippen LogP contribution in [0.25, 0.3) is 0 Å². The smallest absolute Gasteiger partial charge is 0.307 e. The Hall–Kier alpha value is -0.660. The summed E-state index contributed by atoms with van der Waals surface area (Å²) >= 11 is 0. The van der Waals surface area contributed by atoms with Gasteiger partial charge >= 0.3 is 5.97 Å². The molecule has 0 aromatic carbocycles. The molecule has 0 aromatic heterocycles. The fourth-order valence-corrected chi connectivity index (χ4v) is 3.64. The van der Waals surface area contributed by atoms with Crippen molar-refractivity contribution in [3.8, 4) is 0 Å². The topological polar surface area (TPSA) is 77.9 Å². The van der Waals surface area contributed by atoms with Crippen LogP contribution in [-0.2, 0) is 15.0 Å². The molecule has 100 valence electrons. The van der Waals surface area contributed by atoms with Gasteiger partial charge in [-0.15, -0.1) is 0 Å². The van der Waals surface area contributed by atoms with Crippen LogP contribution in [0.5, 0.6) is 0 Å². The lowest BCUT2D eigenvalue weighted by atomic mass is 10.2. The lowest BCUT2D eigenvalue weighted by Crippen LogP contribution is -2.45. The van der Waals surface area contributed by atoms with Gasteiger partial charge in [0.1, 0.15) is 0 Å². The van der Waals surface area contributed by atoms with Gasteiger partial charge in [0.2, 0.25) is 0 Å². The number of aliphatic carboxylic acids is 1. The van der Waals surface area contributed by atoms with Crippen LogP contribution in [0.3, 0.4) is 0 Å². The Morgan fingerprint density at radius 2 is 1.94 bits per heavy atom. The second kappa shape index (κ2) is 5.79. The average molecular weight is 264 g/mol. The highest BCUT2D eigenvalue weighted by atomic mass is 32.2. The zero-order chi connectivity index (χ0) is 13.1. The molecule has 0 bridgehead atoms. The van der Waals surface area contributed by atoms with Crippen LogP contribution in [0.2, 0.25) is 0 Å². The van der Waals surface area contributed by atoms with E-state index in [0.717, 1.165) is 12.8 Å². The minimum Gasteiger partial charge on any atom is -0.481 e. The number of rotatable bonds is 6. The number of hydrogen-bond acceptors (Lipinski definition) is 3. The highest BCUT2D eigenvalue weighted by Crippen LogP contribution is 2.17. The third kappa shape index (κ3) is 3.40. The molecule has 1 heterocycles. The lowest BCUT2D eigenvalue weighted by molar-refractivity contribution is -0.141. The van der Waals surface area contributed by atoms with E-state index in [-0.39, 0.29) is 6.54 Å². The maximum atomic E-state index is 12.2. The van der Waals surface area contributed by atoms with Gasteiger partial charge in [0, 0.05) is 26.2 Å². The zero-order valence-corrected chi connectivity index (χ0v) is 11.1. The zero-order valence-electron chi connectivity index (χ0n) is 10.3. The Morgan fingerprint density at radius 1 is 1.41 bits per heavy atom. The summed E-state index contributed by atoms with van der Waals surface area (Å²) in [7, 11) is -3.48. The highest BCUT2D eigenvalue weighted by molar-refractivity contribution is 7.86. The number of carboxylic acid groups (broad SMARTS) is 1. The minimum atomic E-state index is -3.48. The van der Waals surface area contributed by atoms with Crippen molar-refractivity contribution in [1.29, 1.82) is 0 Å². The maximum absolute atomic E-state index is 12.2. The summed E-state index contributed by atoms with van der Waals surface area (Å²) in [5.41, 5.74) is 0. The summed E-state index contributed by atoms with van der Waals surface area (Å²) in [6.45, 7) is 4.66. The van der Waals surface area contributed by atoms with Gasteiger partial charge in [-0.1, -0.05) is 13.8 Å². The fourth-order valence-electron chi connectivity index (χ4n) is 1.85. The van der Waals surface area contributed by atoms with Gasteiger partial charge in [0.05, 0.1) is 5.92 Å².